The highest BCUT2D eigenvalue weighted by Crippen LogP contribution is 2.15. The van der Waals surface area contributed by atoms with E-state index in [0.29, 0.717) is 13.2 Å². The fraction of sp³-hybridized carbons (Fsp3) is 0.833. The van der Waals surface area contributed by atoms with Crippen LogP contribution in [0.3, 0.4) is 0 Å². The largest absolute Gasteiger partial charge is 0.467 e. The van der Waals surface area contributed by atoms with Crippen LogP contribution in [0.25, 0.3) is 0 Å². The molecule has 0 aromatic carbocycles. The Labute approximate surface area is 102 Å². The van der Waals surface area contributed by atoms with E-state index >= 15 is 0 Å². The minimum absolute atomic E-state index is 0.0190. The summed E-state index contributed by atoms with van der Waals surface area (Å²) in [7, 11) is 1.33. The number of carbonyl (C=O) groups excluding carboxylic acids is 2. The lowest BCUT2D eigenvalue weighted by molar-refractivity contribution is -0.162. The van der Waals surface area contributed by atoms with Crippen LogP contribution in [0.5, 0.6) is 0 Å². The number of esters is 1. The number of morpholine rings is 1. The molecule has 2 unspecified atom stereocenters. The summed E-state index contributed by atoms with van der Waals surface area (Å²) in [6.07, 6.45) is 1.80. The second kappa shape index (κ2) is 6.59. The summed E-state index contributed by atoms with van der Waals surface area (Å²) >= 11 is 0. The standard InChI is InChI=1S/C12H21NO4/c1-4-5-9(2)11(14)13-6-7-17-8-10(13)12(15)16-3/h9-10H,4-8H2,1-3H3. The maximum absolute atomic E-state index is 12.2. The van der Waals surface area contributed by atoms with Gasteiger partial charge in [-0.1, -0.05) is 20.3 Å². The van der Waals surface area contributed by atoms with E-state index < -0.39 is 12.0 Å². The van der Waals surface area contributed by atoms with Crippen LogP contribution in [0, 0.1) is 5.92 Å². The fourth-order valence-corrected chi connectivity index (χ4v) is 2.04. The molecule has 1 aliphatic heterocycles. The summed E-state index contributed by atoms with van der Waals surface area (Å²) in [5, 5.41) is 0. The van der Waals surface area contributed by atoms with E-state index in [2.05, 4.69) is 0 Å². The van der Waals surface area contributed by atoms with Gasteiger partial charge in [-0.25, -0.2) is 4.79 Å². The van der Waals surface area contributed by atoms with Crippen LogP contribution < -0.4 is 0 Å². The third-order valence-electron chi connectivity index (χ3n) is 3.03. The Kier molecular flexibility index (Phi) is 5.41. The first-order valence-electron chi connectivity index (χ1n) is 6.07. The zero-order valence-corrected chi connectivity index (χ0v) is 10.8. The molecule has 2 atom stereocenters. The molecule has 0 aliphatic carbocycles. The Morgan fingerprint density at radius 3 is 2.82 bits per heavy atom. The summed E-state index contributed by atoms with van der Waals surface area (Å²) in [5.74, 6) is -0.433. The molecule has 5 heteroatoms. The topological polar surface area (TPSA) is 55.8 Å². The second-order valence-corrected chi connectivity index (χ2v) is 4.34. The van der Waals surface area contributed by atoms with Crippen molar-refractivity contribution in [2.75, 3.05) is 26.9 Å². The van der Waals surface area contributed by atoms with Gasteiger partial charge in [0.05, 0.1) is 20.3 Å². The van der Waals surface area contributed by atoms with Crippen LogP contribution in [0.4, 0.5) is 0 Å². The van der Waals surface area contributed by atoms with Crippen LogP contribution in [-0.4, -0.2) is 49.7 Å². The van der Waals surface area contributed by atoms with Gasteiger partial charge in [0.2, 0.25) is 5.91 Å². The van der Waals surface area contributed by atoms with Crippen molar-refractivity contribution in [1.29, 1.82) is 0 Å². The first-order valence-corrected chi connectivity index (χ1v) is 6.07. The van der Waals surface area contributed by atoms with Crippen molar-refractivity contribution in [1.82, 2.24) is 4.90 Å². The monoisotopic (exact) mass is 243 g/mol. The number of hydrogen-bond donors (Lipinski definition) is 0. The van der Waals surface area contributed by atoms with E-state index in [1.54, 1.807) is 4.90 Å². The molecule has 1 fully saturated rings. The maximum Gasteiger partial charge on any atom is 0.331 e. The zero-order chi connectivity index (χ0) is 12.8. The van der Waals surface area contributed by atoms with Crippen molar-refractivity contribution in [2.45, 2.75) is 32.7 Å². The van der Waals surface area contributed by atoms with Crippen molar-refractivity contribution in [3.63, 3.8) is 0 Å². The van der Waals surface area contributed by atoms with Gasteiger partial charge in [-0.05, 0) is 6.42 Å². The fourth-order valence-electron chi connectivity index (χ4n) is 2.04. The highest BCUT2D eigenvalue weighted by molar-refractivity contribution is 5.86. The molecule has 1 rings (SSSR count). The Bertz CT molecular complexity index is 280. The molecule has 1 aliphatic rings. The van der Waals surface area contributed by atoms with Gasteiger partial charge < -0.3 is 14.4 Å². The Morgan fingerprint density at radius 1 is 1.53 bits per heavy atom. The van der Waals surface area contributed by atoms with Gasteiger partial charge in [0.1, 0.15) is 0 Å². The Balaban J connectivity index is 2.70. The highest BCUT2D eigenvalue weighted by Gasteiger charge is 2.35. The van der Waals surface area contributed by atoms with Crippen molar-refractivity contribution in [2.24, 2.45) is 5.92 Å². The van der Waals surface area contributed by atoms with Gasteiger partial charge in [-0.3, -0.25) is 4.79 Å². The molecule has 0 bridgehead atoms. The van der Waals surface area contributed by atoms with Crippen molar-refractivity contribution < 1.29 is 19.1 Å². The van der Waals surface area contributed by atoms with Crippen molar-refractivity contribution in [3.05, 3.63) is 0 Å². The highest BCUT2D eigenvalue weighted by atomic mass is 16.5. The summed E-state index contributed by atoms with van der Waals surface area (Å²) < 4.78 is 9.93. The van der Waals surface area contributed by atoms with Crippen LogP contribution in [-0.2, 0) is 19.1 Å². The Hall–Kier alpha value is -1.10. The van der Waals surface area contributed by atoms with Gasteiger partial charge in [-0.2, -0.15) is 0 Å². The minimum Gasteiger partial charge on any atom is -0.467 e. The molecule has 0 radical (unpaired) electrons. The lowest BCUT2D eigenvalue weighted by Crippen LogP contribution is -2.54. The number of amides is 1. The second-order valence-electron chi connectivity index (χ2n) is 4.34. The third kappa shape index (κ3) is 3.43. The average Bonchev–Trinajstić information content (AvgIpc) is 2.37. The quantitative estimate of drug-likeness (QED) is 0.686. The molecule has 0 saturated carbocycles. The van der Waals surface area contributed by atoms with E-state index in [0.717, 1.165) is 12.8 Å². The maximum atomic E-state index is 12.2. The Morgan fingerprint density at radius 2 is 2.24 bits per heavy atom. The van der Waals surface area contributed by atoms with E-state index in [1.165, 1.54) is 7.11 Å². The zero-order valence-electron chi connectivity index (χ0n) is 10.8. The molecule has 0 N–H and O–H groups in total. The summed E-state index contributed by atoms with van der Waals surface area (Å²) in [5.41, 5.74) is 0. The lowest BCUT2D eigenvalue weighted by Gasteiger charge is -2.35. The van der Waals surface area contributed by atoms with E-state index in [9.17, 15) is 9.59 Å². The van der Waals surface area contributed by atoms with Gasteiger partial charge in [0.25, 0.3) is 0 Å². The number of hydrogen-bond acceptors (Lipinski definition) is 4. The normalized spacial score (nSPS) is 22.1. The van der Waals surface area contributed by atoms with Gasteiger partial charge in [0, 0.05) is 12.5 Å². The first kappa shape index (κ1) is 14.0. The first-order chi connectivity index (χ1) is 8.11. The molecule has 98 valence electrons. The lowest BCUT2D eigenvalue weighted by atomic mass is 10.0. The van der Waals surface area contributed by atoms with Crippen LogP contribution in [0.15, 0.2) is 0 Å². The number of ether oxygens (including phenoxy) is 2. The average molecular weight is 243 g/mol. The number of methoxy groups -OCH3 is 1. The van der Waals surface area contributed by atoms with Crippen LogP contribution in [0.2, 0.25) is 0 Å². The van der Waals surface area contributed by atoms with Gasteiger partial charge in [0.15, 0.2) is 6.04 Å². The number of rotatable bonds is 4. The predicted molar refractivity (Wildman–Crippen MR) is 62.4 cm³/mol. The SMILES string of the molecule is CCCC(C)C(=O)N1CCOCC1C(=O)OC. The van der Waals surface area contributed by atoms with E-state index in [-0.39, 0.29) is 18.4 Å². The van der Waals surface area contributed by atoms with Gasteiger partial charge in [-0.15, -0.1) is 0 Å². The molecular formula is C12H21NO4. The smallest absolute Gasteiger partial charge is 0.331 e. The summed E-state index contributed by atoms with van der Waals surface area (Å²) in [6, 6.07) is -0.583. The molecule has 1 saturated heterocycles. The molecule has 17 heavy (non-hydrogen) atoms. The predicted octanol–water partition coefficient (Wildman–Crippen LogP) is 0.823. The molecule has 0 aromatic heterocycles. The third-order valence-corrected chi connectivity index (χ3v) is 3.03. The van der Waals surface area contributed by atoms with Crippen LogP contribution in [0.1, 0.15) is 26.7 Å². The van der Waals surface area contributed by atoms with E-state index in [4.69, 9.17) is 9.47 Å². The molecule has 1 amide bonds. The number of carbonyl (C=O) groups is 2. The van der Waals surface area contributed by atoms with E-state index in [1.807, 2.05) is 13.8 Å². The summed E-state index contributed by atoms with van der Waals surface area (Å²) in [4.78, 5) is 25.3. The van der Waals surface area contributed by atoms with Crippen molar-refractivity contribution in [3.8, 4) is 0 Å². The minimum atomic E-state index is -0.583. The molecular weight excluding hydrogens is 222 g/mol. The molecule has 0 aromatic rings. The summed E-state index contributed by atoms with van der Waals surface area (Å²) in [6.45, 7) is 5.12. The molecule has 0 spiro atoms. The molecule has 1 heterocycles. The van der Waals surface area contributed by atoms with Crippen molar-refractivity contribution >= 4 is 11.9 Å². The van der Waals surface area contributed by atoms with Gasteiger partial charge >= 0.3 is 5.97 Å². The number of nitrogens with zero attached hydrogens (tertiary/aromatic N) is 1. The molecule has 5 nitrogen and oxygen atoms in total. The van der Waals surface area contributed by atoms with Crippen LogP contribution >= 0.6 is 0 Å².